The van der Waals surface area contributed by atoms with E-state index in [0.717, 1.165) is 21.6 Å². The van der Waals surface area contributed by atoms with Crippen LogP contribution in [0.25, 0.3) is 0 Å². The van der Waals surface area contributed by atoms with Crippen LogP contribution in [0, 0.1) is 3.57 Å². The molecule has 0 aliphatic carbocycles. The number of hydrogen-bond acceptors (Lipinski definition) is 2. The van der Waals surface area contributed by atoms with Crippen molar-refractivity contribution in [3.8, 4) is 11.5 Å². The Morgan fingerprint density at radius 1 is 1.25 bits per heavy atom. The van der Waals surface area contributed by atoms with E-state index in [1.165, 1.54) is 24.9 Å². The quantitative estimate of drug-likeness (QED) is 0.517. The van der Waals surface area contributed by atoms with Crippen molar-refractivity contribution in [2.75, 3.05) is 13.2 Å². The first-order valence-electron chi connectivity index (χ1n) is 7.52. The molecule has 4 heteroatoms. The van der Waals surface area contributed by atoms with Crippen LogP contribution in [-0.2, 0) is 6.54 Å². The number of hydrogen-bond donors (Lipinski definition) is 1. The molecule has 0 saturated carbocycles. The van der Waals surface area contributed by atoms with Gasteiger partial charge in [0.25, 0.3) is 0 Å². The number of unbranched alkanes of at least 4 members (excludes halogenated alkanes) is 1. The summed E-state index contributed by atoms with van der Waals surface area (Å²) in [5, 5.41) is 2.35. The molecule has 1 aromatic carbocycles. The molecular formula is C16H27INO2+. The topological polar surface area (TPSA) is 35.1 Å². The smallest absolute Gasteiger partial charge is 0.174 e. The molecule has 1 aromatic rings. The molecule has 2 N–H and O–H groups in total. The molecule has 0 radical (unpaired) electrons. The largest absolute Gasteiger partial charge is 0.490 e. The zero-order valence-corrected chi connectivity index (χ0v) is 15.2. The van der Waals surface area contributed by atoms with E-state index in [4.69, 9.17) is 9.47 Å². The van der Waals surface area contributed by atoms with Crippen LogP contribution < -0.4 is 14.8 Å². The average Bonchev–Trinajstić information content (AvgIpc) is 2.39. The van der Waals surface area contributed by atoms with E-state index < -0.39 is 0 Å². The molecule has 114 valence electrons. The highest BCUT2D eigenvalue weighted by Crippen LogP contribution is 2.34. The molecule has 0 fully saturated rings. The van der Waals surface area contributed by atoms with Gasteiger partial charge in [0.15, 0.2) is 11.5 Å². The third kappa shape index (κ3) is 5.87. The van der Waals surface area contributed by atoms with Crippen molar-refractivity contribution in [3.63, 3.8) is 0 Å². The van der Waals surface area contributed by atoms with Crippen LogP contribution >= 0.6 is 22.6 Å². The van der Waals surface area contributed by atoms with Crippen LogP contribution in [0.3, 0.4) is 0 Å². The second-order valence-corrected chi connectivity index (χ2v) is 6.30. The van der Waals surface area contributed by atoms with Crippen molar-refractivity contribution < 1.29 is 14.8 Å². The van der Waals surface area contributed by atoms with Gasteiger partial charge < -0.3 is 14.8 Å². The number of rotatable bonds is 9. The predicted molar refractivity (Wildman–Crippen MR) is 91.5 cm³/mol. The minimum absolute atomic E-state index is 0.157. The summed E-state index contributed by atoms with van der Waals surface area (Å²) in [6.45, 7) is 11.2. The van der Waals surface area contributed by atoms with Crippen molar-refractivity contribution in [1.82, 2.24) is 0 Å². The van der Waals surface area contributed by atoms with E-state index in [0.29, 0.717) is 6.61 Å². The van der Waals surface area contributed by atoms with Gasteiger partial charge in [-0.15, -0.1) is 0 Å². The summed E-state index contributed by atoms with van der Waals surface area (Å²) < 4.78 is 12.8. The molecule has 20 heavy (non-hydrogen) atoms. The second-order valence-electron chi connectivity index (χ2n) is 5.14. The standard InChI is InChI=1S/C16H26INO2/c1-5-7-8-18-11-13-9-14(17)16(20-12(3)4)15(10-13)19-6-2/h9-10,12,18H,5-8,11H2,1-4H3/p+1. The van der Waals surface area contributed by atoms with E-state index in [9.17, 15) is 0 Å². The van der Waals surface area contributed by atoms with Crippen LogP contribution in [0.2, 0.25) is 0 Å². The minimum Gasteiger partial charge on any atom is -0.490 e. The molecule has 0 aliphatic rings. The fourth-order valence-corrected chi connectivity index (χ4v) is 2.76. The number of halogens is 1. The van der Waals surface area contributed by atoms with E-state index in [2.05, 4.69) is 47.0 Å². The first kappa shape index (κ1) is 17.6. The fourth-order valence-electron chi connectivity index (χ4n) is 1.97. The number of quaternary nitrogens is 1. The first-order chi connectivity index (χ1) is 9.58. The molecule has 3 nitrogen and oxygen atoms in total. The lowest BCUT2D eigenvalue weighted by Gasteiger charge is -2.17. The molecule has 0 heterocycles. The van der Waals surface area contributed by atoms with Gasteiger partial charge in [-0.05, 0) is 61.9 Å². The van der Waals surface area contributed by atoms with Gasteiger partial charge in [0, 0.05) is 5.56 Å². The van der Waals surface area contributed by atoms with Gasteiger partial charge in [-0.1, -0.05) is 13.3 Å². The molecule has 0 aromatic heterocycles. The van der Waals surface area contributed by atoms with Crippen molar-refractivity contribution >= 4 is 22.6 Å². The third-order valence-corrected chi connectivity index (χ3v) is 3.67. The molecular weight excluding hydrogens is 365 g/mol. The normalized spacial score (nSPS) is 10.9. The second kappa shape index (κ2) is 9.45. The molecule has 0 saturated heterocycles. The molecule has 0 atom stereocenters. The maximum absolute atomic E-state index is 5.88. The summed E-state index contributed by atoms with van der Waals surface area (Å²) in [6.07, 6.45) is 2.67. The summed E-state index contributed by atoms with van der Waals surface area (Å²) in [5.41, 5.74) is 1.30. The number of nitrogens with two attached hydrogens (primary N) is 1. The van der Waals surface area contributed by atoms with E-state index in [1.54, 1.807) is 0 Å². The van der Waals surface area contributed by atoms with E-state index in [1.807, 2.05) is 20.8 Å². The maximum Gasteiger partial charge on any atom is 0.174 e. The zero-order chi connectivity index (χ0) is 15.0. The Hall–Kier alpha value is -0.490. The molecule has 0 amide bonds. The Kier molecular flexibility index (Phi) is 8.30. The molecule has 0 spiro atoms. The van der Waals surface area contributed by atoms with Gasteiger partial charge in [-0.3, -0.25) is 0 Å². The Morgan fingerprint density at radius 3 is 2.60 bits per heavy atom. The lowest BCUT2D eigenvalue weighted by Crippen LogP contribution is -2.82. The third-order valence-electron chi connectivity index (χ3n) is 2.86. The predicted octanol–water partition coefficient (Wildman–Crippen LogP) is 3.34. The van der Waals surface area contributed by atoms with Crippen LogP contribution in [0.1, 0.15) is 46.1 Å². The summed E-state index contributed by atoms with van der Waals surface area (Å²) in [7, 11) is 0. The molecule has 0 aliphatic heterocycles. The average molecular weight is 392 g/mol. The zero-order valence-electron chi connectivity index (χ0n) is 13.0. The summed E-state index contributed by atoms with van der Waals surface area (Å²) in [4.78, 5) is 0. The van der Waals surface area contributed by atoms with Crippen LogP contribution in [0.15, 0.2) is 12.1 Å². The summed E-state index contributed by atoms with van der Waals surface area (Å²) in [5.74, 6) is 1.74. The Labute approximate surface area is 136 Å². The van der Waals surface area contributed by atoms with Gasteiger partial charge in [0.2, 0.25) is 0 Å². The lowest BCUT2D eigenvalue weighted by molar-refractivity contribution is -0.670. The minimum atomic E-state index is 0.157. The number of ether oxygens (including phenoxy) is 2. The SMILES string of the molecule is CCCC[NH2+]Cc1cc(I)c(OC(C)C)c(OCC)c1. The summed E-state index contributed by atoms with van der Waals surface area (Å²) >= 11 is 2.33. The van der Waals surface area contributed by atoms with Crippen molar-refractivity contribution in [3.05, 3.63) is 21.3 Å². The summed E-state index contributed by atoms with van der Waals surface area (Å²) in [6, 6.07) is 4.31. The number of benzene rings is 1. The maximum atomic E-state index is 5.88. The van der Waals surface area contributed by atoms with Gasteiger partial charge in [0.1, 0.15) is 6.54 Å². The first-order valence-corrected chi connectivity index (χ1v) is 8.59. The Bertz CT molecular complexity index is 408. The molecule has 0 unspecified atom stereocenters. The highest BCUT2D eigenvalue weighted by Gasteiger charge is 2.14. The highest BCUT2D eigenvalue weighted by atomic mass is 127. The van der Waals surface area contributed by atoms with Crippen LogP contribution in [0.5, 0.6) is 11.5 Å². The van der Waals surface area contributed by atoms with Gasteiger partial charge in [-0.25, -0.2) is 0 Å². The Balaban J connectivity index is 2.83. The molecule has 0 bridgehead atoms. The van der Waals surface area contributed by atoms with Gasteiger partial charge in [-0.2, -0.15) is 0 Å². The monoisotopic (exact) mass is 392 g/mol. The Morgan fingerprint density at radius 2 is 2.00 bits per heavy atom. The highest BCUT2D eigenvalue weighted by molar-refractivity contribution is 14.1. The lowest BCUT2D eigenvalue weighted by atomic mass is 10.2. The van der Waals surface area contributed by atoms with E-state index in [-0.39, 0.29) is 6.10 Å². The van der Waals surface area contributed by atoms with E-state index >= 15 is 0 Å². The van der Waals surface area contributed by atoms with Crippen LogP contribution in [0.4, 0.5) is 0 Å². The van der Waals surface area contributed by atoms with Crippen molar-refractivity contribution in [1.29, 1.82) is 0 Å². The van der Waals surface area contributed by atoms with Gasteiger partial charge >= 0.3 is 0 Å². The molecule has 1 rings (SSSR count). The van der Waals surface area contributed by atoms with Gasteiger partial charge in [0.05, 0.1) is 22.8 Å². The van der Waals surface area contributed by atoms with Crippen LogP contribution in [-0.4, -0.2) is 19.3 Å². The van der Waals surface area contributed by atoms with Crippen molar-refractivity contribution in [2.45, 2.75) is 53.2 Å². The van der Waals surface area contributed by atoms with Crippen molar-refractivity contribution in [2.24, 2.45) is 0 Å². The fraction of sp³-hybridized carbons (Fsp3) is 0.625.